The molecule has 0 radical (unpaired) electrons. The predicted octanol–water partition coefficient (Wildman–Crippen LogP) is 6.38. The molecule has 1 fully saturated rings. The topological polar surface area (TPSA) is 79.3 Å². The van der Waals surface area contributed by atoms with E-state index in [-0.39, 0.29) is 11.7 Å². The molecule has 0 saturated carbocycles. The smallest absolute Gasteiger partial charge is 0.274 e. The number of hydrogen-bond donors (Lipinski definition) is 2. The van der Waals surface area contributed by atoms with Crippen molar-refractivity contribution >= 4 is 40.6 Å². The molecule has 0 spiro atoms. The van der Waals surface area contributed by atoms with Crippen LogP contribution in [-0.4, -0.2) is 44.8 Å². The number of likely N-dealkylation sites (tertiary alicyclic amines) is 1. The fourth-order valence-corrected chi connectivity index (χ4v) is 5.03. The highest BCUT2D eigenvalue weighted by Gasteiger charge is 2.23. The zero-order valence-electron chi connectivity index (χ0n) is 21.8. The molecule has 2 N–H and O–H groups in total. The molecule has 3 aromatic rings. The first kappa shape index (κ1) is 26.6. The Morgan fingerprint density at radius 2 is 1.81 bits per heavy atom. The number of aromatic nitrogens is 2. The molecule has 1 aliphatic heterocycles. The second-order valence-electron chi connectivity index (χ2n) is 9.71. The monoisotopic (exact) mass is 519 g/mol. The van der Waals surface area contributed by atoms with E-state index >= 15 is 0 Å². The van der Waals surface area contributed by atoms with Gasteiger partial charge < -0.3 is 15.2 Å². The summed E-state index contributed by atoms with van der Waals surface area (Å²) >= 11 is 6.24. The maximum absolute atomic E-state index is 12.8. The summed E-state index contributed by atoms with van der Waals surface area (Å²) in [6.07, 6.45) is 8.85. The normalized spacial score (nSPS) is 18.2. The average molecular weight is 520 g/mol. The lowest BCUT2D eigenvalue weighted by atomic mass is 9.97. The van der Waals surface area contributed by atoms with Gasteiger partial charge in [-0.3, -0.25) is 14.5 Å². The highest BCUT2D eigenvalue weighted by atomic mass is 35.5. The lowest BCUT2D eigenvalue weighted by Crippen LogP contribution is -2.43. The fourth-order valence-electron chi connectivity index (χ4n) is 4.76. The fraction of sp³-hybridized carbons (Fsp3) is 0.345. The number of aryl methyl sites for hydroxylation is 1. The number of para-hydroxylation sites is 1. The Kier molecular flexibility index (Phi) is 8.46. The summed E-state index contributed by atoms with van der Waals surface area (Å²) < 4.78 is 1.67. The maximum Gasteiger partial charge on any atom is 0.274 e. The van der Waals surface area contributed by atoms with E-state index in [0.29, 0.717) is 40.0 Å². The number of nitrogens with one attached hydrogen (secondary N) is 2. The van der Waals surface area contributed by atoms with Crippen LogP contribution in [0.2, 0.25) is 5.02 Å². The van der Waals surface area contributed by atoms with E-state index in [0.717, 1.165) is 17.8 Å². The van der Waals surface area contributed by atoms with E-state index in [1.165, 1.54) is 25.5 Å². The van der Waals surface area contributed by atoms with Gasteiger partial charge in [0.15, 0.2) is 5.78 Å². The molecule has 7 nitrogen and oxygen atoms in total. The molecule has 2 aromatic carbocycles. The minimum atomic E-state index is -0.305. The van der Waals surface area contributed by atoms with Crippen LogP contribution >= 0.6 is 11.6 Å². The Balaban J connectivity index is 1.36. The van der Waals surface area contributed by atoms with E-state index in [1.807, 2.05) is 37.3 Å². The maximum atomic E-state index is 12.8. The first-order valence-corrected chi connectivity index (χ1v) is 13.0. The summed E-state index contributed by atoms with van der Waals surface area (Å²) in [5, 5.41) is 6.56. The molecule has 2 atom stereocenters. The third-order valence-corrected chi connectivity index (χ3v) is 7.38. The lowest BCUT2D eigenvalue weighted by Gasteiger charge is -2.38. The van der Waals surface area contributed by atoms with Gasteiger partial charge in [-0.2, -0.15) is 0 Å². The van der Waals surface area contributed by atoms with Gasteiger partial charge in [0.05, 0.1) is 16.9 Å². The number of carbonyl (C=O) groups excluding carboxylic acids is 2. The Bertz CT molecular complexity index is 1270. The van der Waals surface area contributed by atoms with Crippen molar-refractivity contribution in [3.8, 4) is 0 Å². The van der Waals surface area contributed by atoms with E-state index < -0.39 is 0 Å². The van der Waals surface area contributed by atoms with Crippen molar-refractivity contribution in [3.05, 3.63) is 82.7 Å². The van der Waals surface area contributed by atoms with Crippen LogP contribution in [0.15, 0.2) is 60.8 Å². The zero-order valence-corrected chi connectivity index (χ0v) is 22.5. The molecule has 1 amide bonds. The van der Waals surface area contributed by atoms with Crippen molar-refractivity contribution in [3.63, 3.8) is 0 Å². The second-order valence-corrected chi connectivity index (χ2v) is 10.1. The molecule has 2 heterocycles. The lowest BCUT2D eigenvalue weighted by molar-refractivity contribution is 0.101. The number of imidazole rings is 1. The highest BCUT2D eigenvalue weighted by molar-refractivity contribution is 6.34. The first-order valence-electron chi connectivity index (χ1n) is 12.7. The standard InChI is InChI=1S/C29H34ClN5O2/c1-19-8-5-11-24(30)27(19)33-28(37)25-18-31-29(34(25)4)32-23-15-13-22(14-16-23)26(36)12-7-17-35-20(2)9-6-10-21(35)3/h5,7-8,11-16,18,20-21H,6,9-10,17H2,1-4H3,(H,31,32)(H,33,37)/b12-7+. The van der Waals surface area contributed by atoms with Gasteiger partial charge in [0.1, 0.15) is 5.69 Å². The number of rotatable bonds is 8. The third kappa shape index (κ3) is 6.29. The number of anilines is 3. The summed E-state index contributed by atoms with van der Waals surface area (Å²) in [6.45, 7) is 7.19. The van der Waals surface area contributed by atoms with Gasteiger partial charge in [0, 0.05) is 36.9 Å². The van der Waals surface area contributed by atoms with Crippen LogP contribution in [-0.2, 0) is 7.05 Å². The van der Waals surface area contributed by atoms with Crippen LogP contribution in [0.3, 0.4) is 0 Å². The largest absolute Gasteiger partial charge is 0.326 e. The van der Waals surface area contributed by atoms with Crippen LogP contribution in [0.4, 0.5) is 17.3 Å². The van der Waals surface area contributed by atoms with E-state index in [1.54, 1.807) is 35.9 Å². The van der Waals surface area contributed by atoms with Gasteiger partial charge in [0.2, 0.25) is 5.95 Å². The molecule has 1 aromatic heterocycles. The average Bonchev–Trinajstić information content (AvgIpc) is 3.23. The van der Waals surface area contributed by atoms with Gasteiger partial charge in [-0.1, -0.05) is 36.2 Å². The Labute approximate surface area is 223 Å². The molecule has 4 rings (SSSR count). The summed E-state index contributed by atoms with van der Waals surface area (Å²) in [5.74, 6) is 0.180. The van der Waals surface area contributed by atoms with Crippen LogP contribution in [0.25, 0.3) is 0 Å². The summed E-state index contributed by atoms with van der Waals surface area (Å²) in [5.41, 5.74) is 3.23. The number of carbonyl (C=O) groups is 2. The number of nitrogens with zero attached hydrogens (tertiary/aromatic N) is 3. The summed E-state index contributed by atoms with van der Waals surface area (Å²) in [7, 11) is 1.76. The SMILES string of the molecule is Cc1cccc(Cl)c1NC(=O)c1cnc(Nc2ccc(C(=O)/C=C/CN3C(C)CCCC3C)cc2)n1C. The summed E-state index contributed by atoms with van der Waals surface area (Å²) in [4.78, 5) is 32.3. The van der Waals surface area contributed by atoms with Gasteiger partial charge in [-0.05, 0) is 75.6 Å². The predicted molar refractivity (Wildman–Crippen MR) is 150 cm³/mol. The van der Waals surface area contributed by atoms with Crippen LogP contribution in [0.1, 0.15) is 59.5 Å². The summed E-state index contributed by atoms with van der Waals surface area (Å²) in [6, 6.07) is 13.8. The van der Waals surface area contributed by atoms with Gasteiger partial charge in [0.25, 0.3) is 5.91 Å². The number of hydrogen-bond acceptors (Lipinski definition) is 5. The van der Waals surface area contributed by atoms with Gasteiger partial charge >= 0.3 is 0 Å². The van der Waals surface area contributed by atoms with Crippen LogP contribution < -0.4 is 10.6 Å². The van der Waals surface area contributed by atoms with Crippen LogP contribution in [0, 0.1) is 6.92 Å². The third-order valence-electron chi connectivity index (χ3n) is 7.07. The van der Waals surface area contributed by atoms with Gasteiger partial charge in [-0.15, -0.1) is 0 Å². The van der Waals surface area contributed by atoms with E-state index in [2.05, 4.69) is 34.4 Å². The Hall–Kier alpha value is -3.42. The number of halogens is 1. The van der Waals surface area contributed by atoms with Crippen LogP contribution in [0.5, 0.6) is 0 Å². The molecule has 0 bridgehead atoms. The van der Waals surface area contributed by atoms with Crippen molar-refractivity contribution in [1.82, 2.24) is 14.5 Å². The molecular formula is C29H34ClN5O2. The van der Waals surface area contributed by atoms with Crippen molar-refractivity contribution < 1.29 is 9.59 Å². The molecular weight excluding hydrogens is 486 g/mol. The first-order chi connectivity index (χ1) is 17.7. The molecule has 1 saturated heterocycles. The van der Waals surface area contributed by atoms with Crippen molar-refractivity contribution in [2.75, 3.05) is 17.2 Å². The number of allylic oxidation sites excluding steroid dienone is 1. The number of piperidine rings is 1. The van der Waals surface area contributed by atoms with E-state index in [4.69, 9.17) is 11.6 Å². The second kappa shape index (κ2) is 11.8. The van der Waals surface area contributed by atoms with Crippen molar-refractivity contribution in [2.24, 2.45) is 7.05 Å². The highest BCUT2D eigenvalue weighted by Crippen LogP contribution is 2.26. The number of ketones is 1. The van der Waals surface area contributed by atoms with Crippen molar-refractivity contribution in [1.29, 1.82) is 0 Å². The quantitative estimate of drug-likeness (QED) is 0.266. The zero-order chi connectivity index (χ0) is 26.5. The molecule has 1 aliphatic rings. The minimum Gasteiger partial charge on any atom is -0.326 e. The Morgan fingerprint density at radius 1 is 1.11 bits per heavy atom. The van der Waals surface area contributed by atoms with E-state index in [9.17, 15) is 9.59 Å². The Morgan fingerprint density at radius 3 is 2.49 bits per heavy atom. The van der Waals surface area contributed by atoms with Gasteiger partial charge in [-0.25, -0.2) is 4.98 Å². The van der Waals surface area contributed by atoms with Crippen molar-refractivity contribution in [2.45, 2.75) is 52.1 Å². The molecule has 8 heteroatoms. The molecule has 37 heavy (non-hydrogen) atoms. The minimum absolute atomic E-state index is 0.0188. The molecule has 0 aliphatic carbocycles. The number of benzene rings is 2. The number of amides is 1. The molecule has 2 unspecified atom stereocenters. The molecule has 194 valence electrons.